The van der Waals surface area contributed by atoms with E-state index in [-0.39, 0.29) is 12.4 Å². The van der Waals surface area contributed by atoms with E-state index in [4.69, 9.17) is 9.90 Å². The van der Waals surface area contributed by atoms with Gasteiger partial charge in [0, 0.05) is 18.1 Å². The van der Waals surface area contributed by atoms with Crippen LogP contribution in [0.3, 0.4) is 0 Å². The van der Waals surface area contributed by atoms with E-state index < -0.39 is 5.97 Å². The van der Waals surface area contributed by atoms with Crippen LogP contribution in [0.5, 0.6) is 0 Å². The van der Waals surface area contributed by atoms with Crippen molar-refractivity contribution in [2.45, 2.75) is 6.92 Å². The zero-order valence-electron chi connectivity index (χ0n) is 7.06. The second-order valence-corrected chi connectivity index (χ2v) is 2.03. The molecule has 1 rings (SSSR count). The fraction of sp³-hybridized carbons (Fsp3) is 0.250. The second kappa shape index (κ2) is 8.01. The van der Waals surface area contributed by atoms with Crippen LogP contribution in [0.4, 0.5) is 0 Å². The molecular formula is C8H12ClNO2. The maximum Gasteiger partial charge on any atom is 0.168 e. The maximum atomic E-state index is 8.89. The Balaban J connectivity index is 0. The number of hydrogen-bond acceptors (Lipinski definition) is 2. The first kappa shape index (κ1) is 13.5. The third kappa shape index (κ3) is 11.7. The summed E-state index contributed by atoms with van der Waals surface area (Å²) in [5.41, 5.74) is 0. The van der Waals surface area contributed by atoms with Crippen LogP contribution in [-0.4, -0.2) is 5.97 Å². The number of hydrogen-bond donors (Lipinski definition) is 0. The molecule has 0 atom stereocenters. The SMILES string of the molecule is CC(=O)[O-].C[n+]1ccccc1.Cl. The van der Waals surface area contributed by atoms with E-state index >= 15 is 0 Å². The number of carbonyl (C=O) groups excluding carboxylic acids is 1. The lowest BCUT2D eigenvalue weighted by atomic mass is 10.5. The molecule has 0 aliphatic rings. The van der Waals surface area contributed by atoms with Crippen molar-refractivity contribution < 1.29 is 14.5 Å². The van der Waals surface area contributed by atoms with Crippen molar-refractivity contribution in [3.05, 3.63) is 30.6 Å². The molecule has 0 bridgehead atoms. The molecule has 1 aromatic rings. The van der Waals surface area contributed by atoms with E-state index in [2.05, 4.69) is 0 Å². The van der Waals surface area contributed by atoms with Gasteiger partial charge in [-0.15, -0.1) is 12.4 Å². The van der Waals surface area contributed by atoms with Gasteiger partial charge in [0.2, 0.25) is 0 Å². The maximum absolute atomic E-state index is 8.89. The molecule has 0 fully saturated rings. The van der Waals surface area contributed by atoms with Gasteiger partial charge in [-0.2, -0.15) is 0 Å². The second-order valence-electron chi connectivity index (χ2n) is 2.03. The normalized spacial score (nSPS) is 7.17. The molecule has 0 saturated heterocycles. The molecule has 0 radical (unpaired) electrons. The van der Waals surface area contributed by atoms with Gasteiger partial charge >= 0.3 is 0 Å². The van der Waals surface area contributed by atoms with Crippen molar-refractivity contribution in [2.24, 2.45) is 7.05 Å². The van der Waals surface area contributed by atoms with Gasteiger partial charge in [0.25, 0.3) is 0 Å². The predicted molar refractivity (Wildman–Crippen MR) is 45.5 cm³/mol. The lowest BCUT2D eigenvalue weighted by molar-refractivity contribution is -0.671. The molecular weight excluding hydrogens is 178 g/mol. The van der Waals surface area contributed by atoms with Crippen LogP contribution in [0.25, 0.3) is 0 Å². The molecule has 0 amide bonds. The molecule has 0 unspecified atom stereocenters. The summed E-state index contributed by atoms with van der Waals surface area (Å²) >= 11 is 0. The number of aryl methyl sites for hydroxylation is 1. The lowest BCUT2D eigenvalue weighted by Crippen LogP contribution is -2.25. The standard InChI is InChI=1S/C6H8N.C2H4O2.ClH/c1-7-5-3-2-4-6-7;1-2(3)4;/h2-6H,1H3;1H3,(H,3,4);1H/q+1;;/p-1. The Kier molecular flexibility index (Phi) is 9.01. The van der Waals surface area contributed by atoms with Gasteiger partial charge in [-0.1, -0.05) is 6.07 Å². The van der Waals surface area contributed by atoms with Crippen molar-refractivity contribution in [3.8, 4) is 0 Å². The number of carboxylic acid groups (broad SMARTS) is 1. The minimum absolute atomic E-state index is 0. The van der Waals surface area contributed by atoms with Crippen molar-refractivity contribution in [3.63, 3.8) is 0 Å². The van der Waals surface area contributed by atoms with Gasteiger partial charge < -0.3 is 9.90 Å². The van der Waals surface area contributed by atoms with Crippen LogP contribution in [0, 0.1) is 0 Å². The van der Waals surface area contributed by atoms with Crippen molar-refractivity contribution in [2.75, 3.05) is 0 Å². The van der Waals surface area contributed by atoms with Gasteiger partial charge in [-0.25, -0.2) is 4.57 Å². The molecule has 0 aromatic carbocycles. The number of pyridine rings is 1. The molecule has 0 spiro atoms. The summed E-state index contributed by atoms with van der Waals surface area (Å²) in [6, 6.07) is 6.00. The smallest absolute Gasteiger partial charge is 0.168 e. The number of aromatic nitrogens is 1. The van der Waals surface area contributed by atoms with E-state index in [1.54, 1.807) is 0 Å². The summed E-state index contributed by atoms with van der Waals surface area (Å²) in [5.74, 6) is -1.08. The van der Waals surface area contributed by atoms with E-state index in [9.17, 15) is 0 Å². The van der Waals surface area contributed by atoms with E-state index in [1.807, 2.05) is 42.2 Å². The molecule has 1 heterocycles. The third-order valence-corrected chi connectivity index (χ3v) is 0.865. The molecule has 0 aliphatic carbocycles. The monoisotopic (exact) mass is 189 g/mol. The zero-order chi connectivity index (χ0) is 8.69. The fourth-order valence-electron chi connectivity index (χ4n) is 0.485. The van der Waals surface area contributed by atoms with Crippen LogP contribution in [0.1, 0.15) is 6.92 Å². The Morgan fingerprint density at radius 1 is 1.25 bits per heavy atom. The summed E-state index contributed by atoms with van der Waals surface area (Å²) in [4.78, 5) is 8.89. The Labute approximate surface area is 78.1 Å². The molecule has 0 N–H and O–H groups in total. The topological polar surface area (TPSA) is 44.0 Å². The first-order chi connectivity index (χ1) is 5.13. The molecule has 3 nitrogen and oxygen atoms in total. The highest BCUT2D eigenvalue weighted by atomic mass is 35.5. The molecule has 68 valence electrons. The highest BCUT2D eigenvalue weighted by molar-refractivity contribution is 5.85. The molecule has 4 heteroatoms. The van der Waals surface area contributed by atoms with E-state index in [0.29, 0.717) is 0 Å². The van der Waals surface area contributed by atoms with Crippen LogP contribution >= 0.6 is 12.4 Å². The van der Waals surface area contributed by atoms with Crippen LogP contribution in [0.2, 0.25) is 0 Å². The van der Waals surface area contributed by atoms with E-state index in [1.165, 1.54) is 0 Å². The van der Waals surface area contributed by atoms with Gasteiger partial charge in [0.05, 0.1) is 0 Å². The lowest BCUT2D eigenvalue weighted by Gasteiger charge is -1.77. The molecule has 0 aliphatic heterocycles. The number of nitrogens with zero attached hydrogens (tertiary/aromatic N) is 1. The number of halogens is 1. The van der Waals surface area contributed by atoms with Crippen LogP contribution < -0.4 is 9.67 Å². The summed E-state index contributed by atoms with van der Waals surface area (Å²) in [7, 11) is 2.00. The van der Waals surface area contributed by atoms with Gasteiger partial charge in [-0.05, 0) is 6.92 Å². The number of carbonyl (C=O) groups is 1. The van der Waals surface area contributed by atoms with Crippen LogP contribution in [0.15, 0.2) is 30.6 Å². The molecule has 0 saturated carbocycles. The average Bonchev–Trinajstić information content (AvgIpc) is 1.87. The predicted octanol–water partition coefficient (Wildman–Crippen LogP) is -0.311. The largest absolute Gasteiger partial charge is 0.550 e. The Hall–Kier alpha value is -1.09. The summed E-state index contributed by atoms with van der Waals surface area (Å²) in [5, 5.41) is 8.89. The summed E-state index contributed by atoms with van der Waals surface area (Å²) in [6.45, 7) is 0.972. The Morgan fingerprint density at radius 2 is 1.58 bits per heavy atom. The Morgan fingerprint density at radius 3 is 1.75 bits per heavy atom. The van der Waals surface area contributed by atoms with Crippen molar-refractivity contribution in [1.29, 1.82) is 0 Å². The first-order valence-corrected chi connectivity index (χ1v) is 3.21. The number of carboxylic acids is 1. The third-order valence-electron chi connectivity index (χ3n) is 0.865. The van der Waals surface area contributed by atoms with Gasteiger partial charge in [0.15, 0.2) is 12.4 Å². The van der Waals surface area contributed by atoms with Crippen molar-refractivity contribution in [1.82, 2.24) is 0 Å². The Bertz CT molecular complexity index is 210. The van der Waals surface area contributed by atoms with Gasteiger partial charge in [0.1, 0.15) is 7.05 Å². The minimum Gasteiger partial charge on any atom is -0.550 e. The van der Waals surface area contributed by atoms with Gasteiger partial charge in [-0.3, -0.25) is 0 Å². The summed E-state index contributed by atoms with van der Waals surface area (Å²) in [6.07, 6.45) is 4.00. The quantitative estimate of drug-likeness (QED) is 0.526. The van der Waals surface area contributed by atoms with Crippen molar-refractivity contribution >= 4 is 18.4 Å². The number of aliphatic carboxylic acids is 1. The number of rotatable bonds is 0. The highest BCUT2D eigenvalue weighted by Gasteiger charge is 1.78. The minimum atomic E-state index is -1.08. The highest BCUT2D eigenvalue weighted by Crippen LogP contribution is 1.71. The van der Waals surface area contributed by atoms with Crippen LogP contribution in [-0.2, 0) is 11.8 Å². The average molecular weight is 190 g/mol. The zero-order valence-corrected chi connectivity index (χ0v) is 7.88. The summed E-state index contributed by atoms with van der Waals surface area (Å²) < 4.78 is 2.00. The molecule has 12 heavy (non-hydrogen) atoms. The first-order valence-electron chi connectivity index (χ1n) is 3.21. The molecule has 1 aromatic heterocycles. The fourth-order valence-corrected chi connectivity index (χ4v) is 0.485. The van der Waals surface area contributed by atoms with E-state index in [0.717, 1.165) is 6.92 Å².